The molecule has 3 N–H and O–H groups in total. The van der Waals surface area contributed by atoms with Crippen molar-refractivity contribution in [3.63, 3.8) is 0 Å². The predicted molar refractivity (Wildman–Crippen MR) is 169 cm³/mol. The molecule has 2 amide bonds. The van der Waals surface area contributed by atoms with Gasteiger partial charge in [0.05, 0.1) is 16.6 Å². The lowest BCUT2D eigenvalue weighted by molar-refractivity contribution is -0.142. The molecule has 2 saturated carbocycles. The number of hydrogen-bond acceptors (Lipinski definition) is 9. The second-order valence-electron chi connectivity index (χ2n) is 12.8. The molecule has 3 aromatic rings. The highest BCUT2D eigenvalue weighted by Gasteiger charge is 2.56. The highest BCUT2D eigenvalue weighted by molar-refractivity contribution is 7.90. The van der Waals surface area contributed by atoms with Crippen LogP contribution in [-0.4, -0.2) is 55.5 Å². The summed E-state index contributed by atoms with van der Waals surface area (Å²) in [6, 6.07) is 17.1. The number of carboxylic acid groups (broad SMARTS) is 1. The molecule has 3 aliphatic rings. The molecule has 244 valence electrons. The number of ether oxygens (including phenoxy) is 1. The lowest BCUT2D eigenvalue weighted by atomic mass is 9.92. The number of carbonyl (C=O) groups is 3. The Morgan fingerprint density at radius 2 is 1.70 bits per heavy atom. The summed E-state index contributed by atoms with van der Waals surface area (Å²) in [4.78, 5) is 39.5. The standard InChI is InChI=1S/C33H38N4O8S/c1-21-27(34-31(41)44-22(2)23-6-4-3-5-7-23)28(45-35-21)24-12-18-37(19-13-24)26-10-8-25(9-11-26)33(16-17-33)29(38)36-46(42,43)20-32(14-15-32)30(39)40/h3-11,22,24H,12-20H2,1-2H3,(H,34,41)(H,36,38)(H,39,40)/t22-/m1/s1. The highest BCUT2D eigenvalue weighted by Crippen LogP contribution is 2.50. The van der Waals surface area contributed by atoms with Gasteiger partial charge in [0.15, 0.2) is 5.76 Å². The van der Waals surface area contributed by atoms with E-state index in [1.165, 1.54) is 0 Å². The van der Waals surface area contributed by atoms with Crippen molar-refractivity contribution in [3.05, 3.63) is 77.2 Å². The monoisotopic (exact) mass is 650 g/mol. The molecule has 2 heterocycles. The average molecular weight is 651 g/mol. The Hall–Kier alpha value is -4.39. The number of benzene rings is 2. The molecule has 46 heavy (non-hydrogen) atoms. The normalized spacial score (nSPS) is 19.1. The van der Waals surface area contributed by atoms with Crippen molar-refractivity contribution in [3.8, 4) is 0 Å². The van der Waals surface area contributed by atoms with Crippen LogP contribution in [0.15, 0.2) is 59.1 Å². The van der Waals surface area contributed by atoms with Crippen molar-refractivity contribution in [1.29, 1.82) is 0 Å². The zero-order valence-electron chi connectivity index (χ0n) is 25.8. The quantitative estimate of drug-likeness (QED) is 0.256. The largest absolute Gasteiger partial charge is 0.481 e. The van der Waals surface area contributed by atoms with Gasteiger partial charge in [-0.3, -0.25) is 19.6 Å². The molecular weight excluding hydrogens is 612 g/mol. The van der Waals surface area contributed by atoms with Crippen LogP contribution in [0, 0.1) is 12.3 Å². The number of rotatable bonds is 11. The van der Waals surface area contributed by atoms with Gasteiger partial charge in [-0.1, -0.05) is 47.6 Å². The first-order chi connectivity index (χ1) is 21.9. The van der Waals surface area contributed by atoms with E-state index in [4.69, 9.17) is 9.26 Å². The summed E-state index contributed by atoms with van der Waals surface area (Å²) < 4.78 is 38.7. The topological polar surface area (TPSA) is 168 Å². The number of piperidine rings is 1. The molecule has 2 aliphatic carbocycles. The minimum Gasteiger partial charge on any atom is -0.481 e. The SMILES string of the molecule is Cc1noc(C2CCN(c3ccc(C4(C(=O)NS(=O)(=O)CC5(C(=O)O)CC5)CC4)cc3)CC2)c1NC(=O)O[C@H](C)c1ccccc1. The van der Waals surface area contributed by atoms with E-state index in [0.29, 0.717) is 42.8 Å². The van der Waals surface area contributed by atoms with E-state index in [1.54, 1.807) is 6.92 Å². The maximum Gasteiger partial charge on any atom is 0.412 e. The van der Waals surface area contributed by atoms with Crippen LogP contribution in [0.3, 0.4) is 0 Å². The van der Waals surface area contributed by atoms with Crippen LogP contribution in [0.1, 0.15) is 80.1 Å². The molecule has 12 nitrogen and oxygen atoms in total. The fourth-order valence-corrected chi connectivity index (χ4v) is 7.96. The summed E-state index contributed by atoms with van der Waals surface area (Å²) in [6.07, 6.45) is 2.17. The fraction of sp³-hybridized carbons (Fsp3) is 0.455. The van der Waals surface area contributed by atoms with Gasteiger partial charge in [0.1, 0.15) is 17.5 Å². The van der Waals surface area contributed by atoms with E-state index >= 15 is 0 Å². The van der Waals surface area contributed by atoms with Crippen molar-refractivity contribution >= 4 is 39.4 Å². The highest BCUT2D eigenvalue weighted by atomic mass is 32.2. The second-order valence-corrected chi connectivity index (χ2v) is 14.5. The van der Waals surface area contributed by atoms with Gasteiger partial charge in [-0.15, -0.1) is 0 Å². The van der Waals surface area contributed by atoms with Crippen molar-refractivity contribution in [2.75, 3.05) is 29.1 Å². The number of nitrogens with one attached hydrogen (secondary N) is 2. The summed E-state index contributed by atoms with van der Waals surface area (Å²) in [6.45, 7) is 5.06. The van der Waals surface area contributed by atoms with Gasteiger partial charge < -0.3 is 19.3 Å². The minimum absolute atomic E-state index is 0.0508. The lowest BCUT2D eigenvalue weighted by Gasteiger charge is -2.33. The first kappa shape index (κ1) is 31.6. The molecule has 0 spiro atoms. The van der Waals surface area contributed by atoms with E-state index in [-0.39, 0.29) is 5.92 Å². The summed E-state index contributed by atoms with van der Waals surface area (Å²) in [7, 11) is -4.08. The van der Waals surface area contributed by atoms with Crippen LogP contribution in [0.25, 0.3) is 0 Å². The number of aliphatic carboxylic acids is 1. The Labute approximate surface area is 267 Å². The average Bonchev–Trinajstić information content (AvgIpc) is 3.96. The third-order valence-electron chi connectivity index (χ3n) is 9.53. The predicted octanol–water partition coefficient (Wildman–Crippen LogP) is 5.02. The second kappa shape index (κ2) is 12.1. The number of nitrogens with zero attached hydrogens (tertiary/aromatic N) is 2. The molecule has 1 saturated heterocycles. The number of sulfonamides is 1. The van der Waals surface area contributed by atoms with Gasteiger partial charge in [0.25, 0.3) is 0 Å². The summed E-state index contributed by atoms with van der Waals surface area (Å²) in [5, 5.41) is 16.3. The fourth-order valence-electron chi connectivity index (χ4n) is 6.27. The van der Waals surface area contributed by atoms with Crippen LogP contribution in [-0.2, 0) is 29.8 Å². The third kappa shape index (κ3) is 6.46. The van der Waals surface area contributed by atoms with E-state index in [2.05, 4.69) is 20.1 Å². The Morgan fingerprint density at radius 1 is 1.04 bits per heavy atom. The van der Waals surface area contributed by atoms with Gasteiger partial charge in [-0.05, 0) is 75.6 Å². The molecule has 0 unspecified atom stereocenters. The number of aryl methyl sites for hydroxylation is 1. The molecule has 6 rings (SSSR count). The first-order valence-electron chi connectivity index (χ1n) is 15.5. The third-order valence-corrected chi connectivity index (χ3v) is 11.0. The van der Waals surface area contributed by atoms with Gasteiger partial charge in [0, 0.05) is 24.7 Å². The Bertz CT molecular complexity index is 1720. The van der Waals surface area contributed by atoms with Crippen LogP contribution in [0.2, 0.25) is 0 Å². The van der Waals surface area contributed by atoms with Gasteiger partial charge >= 0.3 is 12.1 Å². The lowest BCUT2D eigenvalue weighted by Crippen LogP contribution is -2.42. The summed E-state index contributed by atoms with van der Waals surface area (Å²) >= 11 is 0. The van der Waals surface area contributed by atoms with E-state index in [0.717, 1.165) is 42.7 Å². The number of carbonyl (C=O) groups excluding carboxylic acids is 2. The molecule has 0 radical (unpaired) electrons. The van der Waals surface area contributed by atoms with Crippen LogP contribution in [0.4, 0.5) is 16.2 Å². The van der Waals surface area contributed by atoms with Gasteiger partial charge in [-0.2, -0.15) is 0 Å². The molecule has 1 atom stereocenters. The molecule has 13 heteroatoms. The first-order valence-corrected chi connectivity index (χ1v) is 17.2. The van der Waals surface area contributed by atoms with Gasteiger partial charge in [0.2, 0.25) is 15.9 Å². The zero-order chi connectivity index (χ0) is 32.7. The maximum atomic E-state index is 13.1. The smallest absolute Gasteiger partial charge is 0.412 e. The number of aromatic nitrogens is 1. The molecule has 2 aromatic carbocycles. The van der Waals surface area contributed by atoms with Crippen LogP contribution >= 0.6 is 0 Å². The number of amides is 2. The number of hydrogen-bond donors (Lipinski definition) is 3. The van der Waals surface area contributed by atoms with Crippen LogP contribution < -0.4 is 14.9 Å². The molecule has 1 aromatic heterocycles. The van der Waals surface area contributed by atoms with Gasteiger partial charge in [-0.25, -0.2) is 13.2 Å². The Morgan fingerprint density at radius 3 is 2.28 bits per heavy atom. The summed E-state index contributed by atoms with van der Waals surface area (Å²) in [5.41, 5.74) is 1.52. The van der Waals surface area contributed by atoms with Crippen molar-refractivity contribution in [2.45, 2.75) is 69.8 Å². The van der Waals surface area contributed by atoms with E-state index in [1.807, 2.05) is 61.5 Å². The molecule has 0 bridgehead atoms. The number of anilines is 2. The minimum atomic E-state index is -4.08. The van der Waals surface area contributed by atoms with E-state index in [9.17, 15) is 27.9 Å². The van der Waals surface area contributed by atoms with Crippen LogP contribution in [0.5, 0.6) is 0 Å². The van der Waals surface area contributed by atoms with E-state index < -0.39 is 50.7 Å². The Kier molecular flexibility index (Phi) is 8.30. The molecule has 3 fully saturated rings. The molecular formula is C33H38N4O8S. The number of carboxylic acids is 1. The molecule has 1 aliphatic heterocycles. The maximum absolute atomic E-state index is 13.1. The van der Waals surface area contributed by atoms with Crippen molar-refractivity contribution in [1.82, 2.24) is 9.88 Å². The van der Waals surface area contributed by atoms with Crippen molar-refractivity contribution < 1.29 is 37.2 Å². The Balaban J connectivity index is 1.04. The summed E-state index contributed by atoms with van der Waals surface area (Å²) in [5.74, 6) is -1.66. The van der Waals surface area contributed by atoms with Crippen molar-refractivity contribution in [2.24, 2.45) is 5.41 Å². The zero-order valence-corrected chi connectivity index (χ0v) is 26.6.